The minimum Gasteiger partial charge on any atom is -0.274 e. The number of nitrogens with zero attached hydrogens (tertiary/aromatic N) is 1. The van der Waals surface area contributed by atoms with Crippen LogP contribution in [0, 0.1) is 32.6 Å². The predicted octanol–water partition coefficient (Wildman–Crippen LogP) is 3.29. The Kier molecular flexibility index (Phi) is 3.15. The van der Waals surface area contributed by atoms with E-state index in [4.69, 9.17) is 0 Å². The predicted molar refractivity (Wildman–Crippen MR) is 78.6 cm³/mol. The SMILES string of the molecule is Cc1cc(C)c(N2C(=O)C3CCCCC3C2=O)cc1C. The van der Waals surface area contributed by atoms with Gasteiger partial charge in [0.1, 0.15) is 0 Å². The summed E-state index contributed by atoms with van der Waals surface area (Å²) in [5, 5.41) is 0. The number of rotatable bonds is 1. The van der Waals surface area contributed by atoms with Gasteiger partial charge >= 0.3 is 0 Å². The van der Waals surface area contributed by atoms with E-state index in [1.807, 2.05) is 19.9 Å². The maximum Gasteiger partial charge on any atom is 0.237 e. The molecular weight excluding hydrogens is 250 g/mol. The van der Waals surface area contributed by atoms with Crippen LogP contribution in [0.15, 0.2) is 12.1 Å². The summed E-state index contributed by atoms with van der Waals surface area (Å²) < 4.78 is 0. The van der Waals surface area contributed by atoms with Crippen LogP contribution in [0.25, 0.3) is 0 Å². The van der Waals surface area contributed by atoms with Gasteiger partial charge in [-0.3, -0.25) is 9.59 Å². The van der Waals surface area contributed by atoms with Crippen molar-refractivity contribution >= 4 is 17.5 Å². The Labute approximate surface area is 120 Å². The fourth-order valence-electron chi connectivity index (χ4n) is 3.59. The topological polar surface area (TPSA) is 37.4 Å². The van der Waals surface area contributed by atoms with E-state index in [1.54, 1.807) is 0 Å². The lowest BCUT2D eigenvalue weighted by atomic mass is 9.81. The second-order valence-corrected chi connectivity index (χ2v) is 6.23. The molecule has 1 aliphatic carbocycles. The number of aryl methyl sites for hydroxylation is 3. The van der Waals surface area contributed by atoms with Crippen LogP contribution in [0.1, 0.15) is 42.4 Å². The first-order valence-electron chi connectivity index (χ1n) is 7.46. The number of benzene rings is 1. The Morgan fingerprint density at radius 2 is 1.35 bits per heavy atom. The van der Waals surface area contributed by atoms with Gasteiger partial charge in [0.15, 0.2) is 0 Å². The molecule has 2 amide bonds. The minimum atomic E-state index is -0.0720. The van der Waals surface area contributed by atoms with Crippen molar-refractivity contribution in [2.75, 3.05) is 4.90 Å². The van der Waals surface area contributed by atoms with Crippen molar-refractivity contribution in [1.29, 1.82) is 0 Å². The molecule has 2 aliphatic rings. The summed E-state index contributed by atoms with van der Waals surface area (Å²) in [4.78, 5) is 26.7. The first kappa shape index (κ1) is 13.3. The largest absolute Gasteiger partial charge is 0.274 e. The summed E-state index contributed by atoms with van der Waals surface area (Å²) in [6.07, 6.45) is 3.88. The molecule has 2 fully saturated rings. The highest BCUT2D eigenvalue weighted by Gasteiger charge is 2.49. The fourth-order valence-corrected chi connectivity index (χ4v) is 3.59. The Bertz CT molecular complexity index is 567. The maximum absolute atomic E-state index is 12.6. The van der Waals surface area contributed by atoms with Gasteiger partial charge in [0.25, 0.3) is 0 Å². The first-order chi connectivity index (χ1) is 9.50. The molecule has 0 radical (unpaired) electrons. The number of anilines is 1. The van der Waals surface area contributed by atoms with E-state index in [0.717, 1.165) is 42.5 Å². The van der Waals surface area contributed by atoms with E-state index in [-0.39, 0.29) is 23.7 Å². The van der Waals surface area contributed by atoms with Crippen LogP contribution in [0.2, 0.25) is 0 Å². The molecule has 1 aromatic rings. The van der Waals surface area contributed by atoms with Gasteiger partial charge < -0.3 is 0 Å². The summed E-state index contributed by atoms with van der Waals surface area (Å²) in [5.74, 6) is -0.105. The molecule has 1 heterocycles. The highest BCUT2D eigenvalue weighted by atomic mass is 16.2. The van der Waals surface area contributed by atoms with Crippen molar-refractivity contribution in [2.24, 2.45) is 11.8 Å². The van der Waals surface area contributed by atoms with Crippen LogP contribution in [0.4, 0.5) is 5.69 Å². The van der Waals surface area contributed by atoms with Crippen LogP contribution in [0.3, 0.4) is 0 Å². The summed E-state index contributed by atoms with van der Waals surface area (Å²) in [7, 11) is 0. The Balaban J connectivity index is 2.04. The van der Waals surface area contributed by atoms with Crippen LogP contribution in [-0.2, 0) is 9.59 Å². The van der Waals surface area contributed by atoms with Gasteiger partial charge in [-0.1, -0.05) is 18.9 Å². The molecule has 106 valence electrons. The van der Waals surface area contributed by atoms with E-state index in [2.05, 4.69) is 13.0 Å². The van der Waals surface area contributed by atoms with Crippen LogP contribution in [0.5, 0.6) is 0 Å². The van der Waals surface area contributed by atoms with E-state index >= 15 is 0 Å². The van der Waals surface area contributed by atoms with E-state index in [0.29, 0.717) is 0 Å². The van der Waals surface area contributed by atoms with Crippen molar-refractivity contribution in [3.05, 3.63) is 28.8 Å². The number of amides is 2. The second kappa shape index (κ2) is 4.72. The van der Waals surface area contributed by atoms with Gasteiger partial charge in [-0.05, 0) is 56.4 Å². The molecular formula is C17H21NO2. The van der Waals surface area contributed by atoms with Gasteiger partial charge in [-0.2, -0.15) is 0 Å². The highest BCUT2D eigenvalue weighted by Crippen LogP contribution is 2.41. The van der Waals surface area contributed by atoms with Crippen LogP contribution >= 0.6 is 0 Å². The zero-order valence-electron chi connectivity index (χ0n) is 12.4. The molecule has 1 saturated heterocycles. The number of carbonyl (C=O) groups is 2. The van der Waals surface area contributed by atoms with E-state index in [9.17, 15) is 9.59 Å². The fraction of sp³-hybridized carbons (Fsp3) is 0.529. The first-order valence-corrected chi connectivity index (χ1v) is 7.46. The molecule has 1 aliphatic heterocycles. The average Bonchev–Trinajstić information content (AvgIpc) is 2.68. The average molecular weight is 271 g/mol. The minimum absolute atomic E-state index is 0.0195. The zero-order valence-corrected chi connectivity index (χ0v) is 12.4. The van der Waals surface area contributed by atoms with Gasteiger partial charge in [0, 0.05) is 0 Å². The number of hydrogen-bond acceptors (Lipinski definition) is 2. The standard InChI is InChI=1S/C17H21NO2/c1-10-8-12(3)15(9-11(10)2)18-16(19)13-6-4-5-7-14(13)17(18)20/h8-9,13-14H,4-7H2,1-3H3. The van der Waals surface area contributed by atoms with Crippen molar-refractivity contribution in [3.8, 4) is 0 Å². The molecule has 0 N–H and O–H groups in total. The Morgan fingerprint density at radius 3 is 1.90 bits per heavy atom. The third-order valence-electron chi connectivity index (χ3n) is 4.89. The molecule has 3 heteroatoms. The monoisotopic (exact) mass is 271 g/mol. The van der Waals surface area contributed by atoms with E-state index < -0.39 is 0 Å². The maximum atomic E-state index is 12.6. The van der Waals surface area contributed by atoms with Crippen molar-refractivity contribution in [2.45, 2.75) is 46.5 Å². The zero-order chi connectivity index (χ0) is 14.4. The molecule has 2 atom stereocenters. The van der Waals surface area contributed by atoms with Crippen LogP contribution in [-0.4, -0.2) is 11.8 Å². The molecule has 0 spiro atoms. The normalized spacial score (nSPS) is 26.1. The lowest BCUT2D eigenvalue weighted by molar-refractivity contribution is -0.122. The Hall–Kier alpha value is -1.64. The number of fused-ring (bicyclic) bond motifs is 1. The molecule has 3 rings (SSSR count). The highest BCUT2D eigenvalue weighted by molar-refractivity contribution is 6.22. The summed E-state index contributed by atoms with van der Waals surface area (Å²) in [5.41, 5.74) is 4.12. The van der Waals surface area contributed by atoms with Crippen molar-refractivity contribution in [3.63, 3.8) is 0 Å². The molecule has 2 unspecified atom stereocenters. The quantitative estimate of drug-likeness (QED) is 0.735. The molecule has 0 aromatic heterocycles. The second-order valence-electron chi connectivity index (χ2n) is 6.23. The lowest BCUT2D eigenvalue weighted by Gasteiger charge is -2.19. The smallest absolute Gasteiger partial charge is 0.237 e. The van der Waals surface area contributed by atoms with Gasteiger partial charge in [0.2, 0.25) is 11.8 Å². The van der Waals surface area contributed by atoms with Crippen LogP contribution < -0.4 is 4.90 Å². The summed E-state index contributed by atoms with van der Waals surface area (Å²) in [6, 6.07) is 4.05. The molecule has 20 heavy (non-hydrogen) atoms. The third kappa shape index (κ3) is 1.88. The molecule has 1 saturated carbocycles. The third-order valence-corrected chi connectivity index (χ3v) is 4.89. The number of carbonyl (C=O) groups excluding carboxylic acids is 2. The molecule has 0 bridgehead atoms. The molecule has 1 aromatic carbocycles. The summed E-state index contributed by atoms with van der Waals surface area (Å²) in [6.45, 7) is 6.06. The molecule has 3 nitrogen and oxygen atoms in total. The van der Waals surface area contributed by atoms with Gasteiger partial charge in [-0.15, -0.1) is 0 Å². The summed E-state index contributed by atoms with van der Waals surface area (Å²) >= 11 is 0. The van der Waals surface area contributed by atoms with Crippen molar-refractivity contribution in [1.82, 2.24) is 0 Å². The van der Waals surface area contributed by atoms with Crippen molar-refractivity contribution < 1.29 is 9.59 Å². The Morgan fingerprint density at radius 1 is 0.850 bits per heavy atom. The van der Waals surface area contributed by atoms with Gasteiger partial charge in [0.05, 0.1) is 17.5 Å². The van der Waals surface area contributed by atoms with E-state index in [1.165, 1.54) is 10.5 Å². The van der Waals surface area contributed by atoms with Gasteiger partial charge in [-0.25, -0.2) is 4.90 Å². The number of imide groups is 1. The number of hydrogen-bond donors (Lipinski definition) is 0. The lowest BCUT2D eigenvalue weighted by Crippen LogP contribution is -2.31.